The van der Waals surface area contributed by atoms with Gasteiger partial charge >= 0.3 is 0 Å². The van der Waals surface area contributed by atoms with Crippen LogP contribution in [0.2, 0.25) is 0 Å². The topological polar surface area (TPSA) is 62.7 Å². The Bertz CT molecular complexity index is 854. The third-order valence-electron chi connectivity index (χ3n) is 4.07. The van der Waals surface area contributed by atoms with Gasteiger partial charge in [-0.25, -0.2) is 0 Å². The number of hydrogen-bond acceptors (Lipinski definition) is 5. The van der Waals surface area contributed by atoms with Gasteiger partial charge in [-0.1, -0.05) is 24.3 Å². The Hall–Kier alpha value is -2.95. The molecule has 0 fully saturated rings. The number of anilines is 4. The summed E-state index contributed by atoms with van der Waals surface area (Å²) in [6, 6.07) is 12.4. The Morgan fingerprint density at radius 3 is 2.50 bits per heavy atom. The summed E-state index contributed by atoms with van der Waals surface area (Å²) in [5, 5.41) is 14.7. The van der Waals surface area contributed by atoms with Crippen LogP contribution in [0.15, 0.2) is 42.6 Å². The second-order valence-electron chi connectivity index (χ2n) is 5.98. The maximum atomic E-state index is 4.51. The molecule has 0 saturated heterocycles. The van der Waals surface area contributed by atoms with Crippen LogP contribution in [0.1, 0.15) is 22.3 Å². The maximum absolute atomic E-state index is 4.51. The van der Waals surface area contributed by atoms with Crippen LogP contribution in [0.4, 0.5) is 23.1 Å². The smallest absolute Gasteiger partial charge is 0.249 e. The minimum atomic E-state index is 0.471. The molecule has 5 heteroatoms. The normalized spacial score (nSPS) is 10.5. The van der Waals surface area contributed by atoms with Gasteiger partial charge in [-0.2, -0.15) is 10.1 Å². The van der Waals surface area contributed by atoms with Crippen LogP contribution in [0.3, 0.4) is 0 Å². The second kappa shape index (κ2) is 6.66. The quantitative estimate of drug-likeness (QED) is 0.736. The lowest BCUT2D eigenvalue weighted by molar-refractivity contribution is 0.981. The van der Waals surface area contributed by atoms with Crippen molar-refractivity contribution in [1.82, 2.24) is 15.2 Å². The van der Waals surface area contributed by atoms with E-state index in [0.29, 0.717) is 11.8 Å². The maximum Gasteiger partial charge on any atom is 0.249 e. The number of nitrogens with zero attached hydrogens (tertiary/aromatic N) is 3. The molecule has 0 amide bonds. The van der Waals surface area contributed by atoms with Gasteiger partial charge in [-0.15, -0.1) is 5.10 Å². The average Bonchev–Trinajstić information content (AvgIpc) is 2.56. The molecule has 3 aromatic rings. The molecule has 0 spiro atoms. The molecule has 0 aliphatic heterocycles. The molecule has 2 aromatic carbocycles. The van der Waals surface area contributed by atoms with Crippen LogP contribution in [0.25, 0.3) is 0 Å². The Labute approximate surface area is 142 Å². The first-order valence-electron chi connectivity index (χ1n) is 7.90. The van der Waals surface area contributed by atoms with E-state index < -0.39 is 0 Å². The molecule has 0 unspecified atom stereocenters. The number of aryl methyl sites for hydroxylation is 3. The van der Waals surface area contributed by atoms with Gasteiger partial charge in [-0.3, -0.25) is 0 Å². The van der Waals surface area contributed by atoms with Crippen molar-refractivity contribution in [3.63, 3.8) is 0 Å². The summed E-state index contributed by atoms with van der Waals surface area (Å²) in [6.45, 7) is 8.28. The Balaban J connectivity index is 1.84. The fourth-order valence-corrected chi connectivity index (χ4v) is 2.43. The van der Waals surface area contributed by atoms with Gasteiger partial charge in [0, 0.05) is 11.4 Å². The van der Waals surface area contributed by atoms with Crippen molar-refractivity contribution >= 4 is 23.1 Å². The van der Waals surface area contributed by atoms with Crippen molar-refractivity contribution < 1.29 is 0 Å². The van der Waals surface area contributed by atoms with Crippen LogP contribution in [-0.2, 0) is 0 Å². The molecular weight excluding hydrogens is 298 g/mol. The molecule has 1 heterocycles. The van der Waals surface area contributed by atoms with E-state index >= 15 is 0 Å². The highest BCUT2D eigenvalue weighted by Gasteiger charge is 2.06. The van der Waals surface area contributed by atoms with Crippen molar-refractivity contribution in [3.05, 3.63) is 64.8 Å². The highest BCUT2D eigenvalue weighted by Crippen LogP contribution is 2.23. The minimum Gasteiger partial charge on any atom is -0.339 e. The monoisotopic (exact) mass is 319 g/mol. The molecule has 3 rings (SSSR count). The third kappa shape index (κ3) is 3.51. The number of nitrogens with one attached hydrogen (secondary N) is 2. The first kappa shape index (κ1) is 15.9. The number of rotatable bonds is 4. The van der Waals surface area contributed by atoms with Crippen molar-refractivity contribution in [1.29, 1.82) is 0 Å². The van der Waals surface area contributed by atoms with E-state index in [1.165, 1.54) is 16.7 Å². The number of aromatic nitrogens is 3. The van der Waals surface area contributed by atoms with Crippen LogP contribution in [-0.4, -0.2) is 15.2 Å². The molecule has 24 heavy (non-hydrogen) atoms. The van der Waals surface area contributed by atoms with Crippen molar-refractivity contribution in [2.45, 2.75) is 27.7 Å². The summed E-state index contributed by atoms with van der Waals surface area (Å²) in [5.41, 5.74) is 6.75. The van der Waals surface area contributed by atoms with E-state index in [1.54, 1.807) is 6.20 Å². The predicted molar refractivity (Wildman–Crippen MR) is 98.2 cm³/mol. The van der Waals surface area contributed by atoms with Crippen LogP contribution in [0.5, 0.6) is 0 Å². The summed E-state index contributed by atoms with van der Waals surface area (Å²) >= 11 is 0. The zero-order valence-electron chi connectivity index (χ0n) is 14.4. The summed E-state index contributed by atoms with van der Waals surface area (Å²) in [6.07, 6.45) is 1.62. The SMILES string of the molecule is Cc1ccc(C)c(Nc2cnnc(Nc3cccc(C)c3C)n2)c1. The largest absolute Gasteiger partial charge is 0.339 e. The molecule has 2 N–H and O–H groups in total. The van der Waals surface area contributed by atoms with E-state index in [4.69, 9.17) is 0 Å². The van der Waals surface area contributed by atoms with E-state index in [1.807, 2.05) is 12.1 Å². The first-order chi connectivity index (χ1) is 11.5. The Morgan fingerprint density at radius 1 is 0.833 bits per heavy atom. The average molecular weight is 319 g/mol. The van der Waals surface area contributed by atoms with Crippen molar-refractivity contribution in [3.8, 4) is 0 Å². The number of benzene rings is 2. The molecule has 122 valence electrons. The Morgan fingerprint density at radius 2 is 1.67 bits per heavy atom. The third-order valence-corrected chi connectivity index (χ3v) is 4.07. The molecule has 1 aromatic heterocycles. The zero-order chi connectivity index (χ0) is 17.1. The fourth-order valence-electron chi connectivity index (χ4n) is 2.43. The minimum absolute atomic E-state index is 0.471. The predicted octanol–water partition coefficient (Wildman–Crippen LogP) is 4.59. The van der Waals surface area contributed by atoms with E-state index in [-0.39, 0.29) is 0 Å². The van der Waals surface area contributed by atoms with Gasteiger partial charge in [0.05, 0.1) is 6.20 Å². The summed E-state index contributed by atoms with van der Waals surface area (Å²) in [7, 11) is 0. The second-order valence-corrected chi connectivity index (χ2v) is 5.98. The van der Waals surface area contributed by atoms with Crippen LogP contribution in [0, 0.1) is 27.7 Å². The van der Waals surface area contributed by atoms with Gasteiger partial charge < -0.3 is 10.6 Å². The standard InChI is InChI=1S/C19H21N5/c1-12-8-9-14(3)17(10-12)21-18-11-20-24-19(23-18)22-16-7-5-6-13(2)15(16)4/h5-11H,1-4H3,(H2,21,22,23,24). The van der Waals surface area contributed by atoms with Gasteiger partial charge in [0.1, 0.15) is 0 Å². The summed E-state index contributed by atoms with van der Waals surface area (Å²) < 4.78 is 0. The fraction of sp³-hybridized carbons (Fsp3) is 0.211. The van der Waals surface area contributed by atoms with Gasteiger partial charge in [0.2, 0.25) is 5.95 Å². The van der Waals surface area contributed by atoms with Gasteiger partial charge in [0.15, 0.2) is 5.82 Å². The number of hydrogen-bond donors (Lipinski definition) is 2. The molecule has 0 atom stereocenters. The first-order valence-corrected chi connectivity index (χ1v) is 7.90. The Kier molecular flexibility index (Phi) is 4.42. The van der Waals surface area contributed by atoms with Gasteiger partial charge in [-0.05, 0) is 62.1 Å². The molecule has 0 radical (unpaired) electrons. The molecule has 0 aliphatic rings. The molecular formula is C19H21N5. The van der Waals surface area contributed by atoms with Crippen molar-refractivity contribution in [2.24, 2.45) is 0 Å². The van der Waals surface area contributed by atoms with Crippen LogP contribution < -0.4 is 10.6 Å². The lowest BCUT2D eigenvalue weighted by Gasteiger charge is -2.12. The summed E-state index contributed by atoms with van der Waals surface area (Å²) in [4.78, 5) is 4.51. The molecule has 0 bridgehead atoms. The van der Waals surface area contributed by atoms with E-state index in [9.17, 15) is 0 Å². The van der Waals surface area contributed by atoms with Crippen molar-refractivity contribution in [2.75, 3.05) is 10.6 Å². The molecule has 0 saturated carbocycles. The van der Waals surface area contributed by atoms with Crippen LogP contribution >= 0.6 is 0 Å². The lowest BCUT2D eigenvalue weighted by atomic mass is 10.1. The molecule has 0 aliphatic carbocycles. The highest BCUT2D eigenvalue weighted by atomic mass is 15.3. The van der Waals surface area contributed by atoms with Gasteiger partial charge in [0.25, 0.3) is 0 Å². The van der Waals surface area contributed by atoms with E-state index in [2.05, 4.69) is 77.8 Å². The highest BCUT2D eigenvalue weighted by molar-refractivity contribution is 5.63. The zero-order valence-corrected chi connectivity index (χ0v) is 14.4. The molecule has 5 nitrogen and oxygen atoms in total. The van der Waals surface area contributed by atoms with E-state index in [0.717, 1.165) is 16.9 Å². The summed E-state index contributed by atoms with van der Waals surface area (Å²) in [5.74, 6) is 1.13. The lowest BCUT2D eigenvalue weighted by Crippen LogP contribution is -2.04.